The van der Waals surface area contributed by atoms with E-state index in [2.05, 4.69) is 5.10 Å². The lowest BCUT2D eigenvalue weighted by Gasteiger charge is -2.21. The maximum Gasteiger partial charge on any atom is 0.282 e. The van der Waals surface area contributed by atoms with Gasteiger partial charge in [-0.1, -0.05) is 43.3 Å². The molecule has 2 aromatic rings. The van der Waals surface area contributed by atoms with Crippen molar-refractivity contribution in [2.75, 3.05) is 5.75 Å². The van der Waals surface area contributed by atoms with Crippen molar-refractivity contribution < 1.29 is 13.2 Å². The molecule has 1 aromatic heterocycles. The van der Waals surface area contributed by atoms with Crippen molar-refractivity contribution in [3.63, 3.8) is 0 Å². The topological polar surface area (TPSA) is 69.0 Å². The normalized spacial score (nSPS) is 12.3. The summed E-state index contributed by atoms with van der Waals surface area (Å²) >= 11 is 1.22. The van der Waals surface area contributed by atoms with Gasteiger partial charge in [0.2, 0.25) is 0 Å². The minimum Gasteiger partial charge on any atom is -0.288 e. The monoisotopic (exact) mass is 352 g/mol. The molecule has 5 nitrogen and oxygen atoms in total. The lowest BCUT2D eigenvalue weighted by molar-refractivity contribution is -0.109. The fourth-order valence-electron chi connectivity index (χ4n) is 1.97. The minimum atomic E-state index is -3.69. The van der Waals surface area contributed by atoms with E-state index in [0.29, 0.717) is 5.75 Å². The highest BCUT2D eigenvalue weighted by atomic mass is 32.2. The summed E-state index contributed by atoms with van der Waals surface area (Å²) in [6, 6.07) is 6.65. The number of nitrogens with zero attached hydrogens (tertiary/aromatic N) is 2. The lowest BCUT2D eigenvalue weighted by Crippen LogP contribution is -2.21. The third-order valence-electron chi connectivity index (χ3n) is 3.54. The van der Waals surface area contributed by atoms with Crippen LogP contribution in [-0.4, -0.2) is 28.5 Å². The van der Waals surface area contributed by atoms with Gasteiger partial charge in [0.15, 0.2) is 5.12 Å². The van der Waals surface area contributed by atoms with Crippen LogP contribution < -0.4 is 0 Å². The van der Waals surface area contributed by atoms with Crippen molar-refractivity contribution in [1.82, 2.24) is 9.19 Å². The second-order valence-corrected chi connectivity index (χ2v) is 9.03. The molecule has 0 fully saturated rings. The largest absolute Gasteiger partial charge is 0.288 e. The van der Waals surface area contributed by atoms with E-state index >= 15 is 0 Å². The van der Waals surface area contributed by atoms with E-state index < -0.39 is 10.0 Å². The number of hydrogen-bond acceptors (Lipinski definition) is 5. The molecule has 0 aliphatic heterocycles. The van der Waals surface area contributed by atoms with Crippen LogP contribution in [0.2, 0.25) is 0 Å². The van der Waals surface area contributed by atoms with Crippen LogP contribution in [0.15, 0.2) is 41.6 Å². The molecular weight excluding hydrogens is 332 g/mol. The zero-order valence-corrected chi connectivity index (χ0v) is 15.2. The Labute approximate surface area is 141 Å². The molecule has 0 saturated carbocycles. The molecule has 0 saturated heterocycles. The van der Waals surface area contributed by atoms with Gasteiger partial charge < -0.3 is 0 Å². The number of hydrogen-bond donors (Lipinski definition) is 0. The fourth-order valence-corrected chi connectivity index (χ4v) is 3.82. The predicted octanol–water partition coefficient (Wildman–Crippen LogP) is 2.99. The summed E-state index contributed by atoms with van der Waals surface area (Å²) in [5.41, 5.74) is 1.42. The Morgan fingerprint density at radius 1 is 1.26 bits per heavy atom. The molecule has 0 unspecified atom stereocenters. The second-order valence-electron chi connectivity index (χ2n) is 6.08. The molecule has 0 radical (unpaired) electrons. The quantitative estimate of drug-likeness (QED) is 0.827. The molecule has 1 aromatic carbocycles. The van der Waals surface area contributed by atoms with E-state index in [1.807, 2.05) is 20.8 Å². The first-order chi connectivity index (χ1) is 10.6. The van der Waals surface area contributed by atoms with Crippen molar-refractivity contribution >= 4 is 26.9 Å². The molecule has 0 amide bonds. The number of aryl methyl sites for hydroxylation is 1. The smallest absolute Gasteiger partial charge is 0.282 e. The third-order valence-corrected chi connectivity index (χ3v) is 6.38. The van der Waals surface area contributed by atoms with Crippen LogP contribution in [0, 0.1) is 6.92 Å². The van der Waals surface area contributed by atoms with Crippen molar-refractivity contribution in [2.45, 2.75) is 38.0 Å². The van der Waals surface area contributed by atoms with Gasteiger partial charge in [0.1, 0.15) is 0 Å². The van der Waals surface area contributed by atoms with E-state index in [-0.39, 0.29) is 15.4 Å². The number of carbonyl (C=O) groups excluding carboxylic acids is 1. The van der Waals surface area contributed by atoms with Gasteiger partial charge in [-0.2, -0.15) is 17.6 Å². The van der Waals surface area contributed by atoms with Gasteiger partial charge in [-0.15, -0.1) is 0 Å². The summed E-state index contributed by atoms with van der Waals surface area (Å²) in [6.07, 6.45) is 3.07. The van der Waals surface area contributed by atoms with Gasteiger partial charge in [0.05, 0.1) is 11.1 Å². The molecule has 0 aliphatic rings. The molecule has 124 valence electrons. The van der Waals surface area contributed by atoms with Crippen LogP contribution in [0.5, 0.6) is 0 Å². The highest BCUT2D eigenvalue weighted by Crippen LogP contribution is 2.28. The van der Waals surface area contributed by atoms with Gasteiger partial charge in [-0.05, 0) is 24.6 Å². The lowest BCUT2D eigenvalue weighted by atomic mass is 9.89. The summed E-state index contributed by atoms with van der Waals surface area (Å²) in [4.78, 5) is 11.3. The number of carbonyl (C=O) groups is 1. The van der Waals surface area contributed by atoms with Crippen LogP contribution in [-0.2, 0) is 20.2 Å². The van der Waals surface area contributed by atoms with Gasteiger partial charge >= 0.3 is 0 Å². The maximum absolute atomic E-state index is 12.6. The minimum absolute atomic E-state index is 0.0396. The molecule has 0 aliphatic carbocycles. The van der Waals surface area contributed by atoms with Crippen molar-refractivity contribution in [3.8, 4) is 0 Å². The fraction of sp³-hybridized carbons (Fsp3) is 0.375. The average molecular weight is 352 g/mol. The van der Waals surface area contributed by atoms with Crippen molar-refractivity contribution in [1.29, 1.82) is 0 Å². The number of rotatable bonds is 5. The average Bonchev–Trinajstić information content (AvgIpc) is 2.97. The Bertz CT molecular complexity index is 806. The standard InChI is InChI=1S/C16H20N2O3S2/c1-12-5-7-15(8-6-12)23(20,21)18-10-14(9-17-18)16(3,4)11-22-13(2)19/h5-10H,11H2,1-4H3. The molecule has 0 atom stereocenters. The van der Waals surface area contributed by atoms with Gasteiger partial charge in [0.25, 0.3) is 10.0 Å². The SMILES string of the molecule is CC(=O)SCC(C)(C)c1cnn(S(=O)(=O)c2ccc(C)cc2)c1. The van der Waals surface area contributed by atoms with E-state index in [1.54, 1.807) is 30.5 Å². The first-order valence-electron chi connectivity index (χ1n) is 7.14. The van der Waals surface area contributed by atoms with E-state index in [1.165, 1.54) is 24.9 Å². The van der Waals surface area contributed by atoms with Crippen LogP contribution in [0.4, 0.5) is 0 Å². The first-order valence-corrected chi connectivity index (χ1v) is 9.56. The van der Waals surface area contributed by atoms with Crippen LogP contribution in [0.25, 0.3) is 0 Å². The molecule has 23 heavy (non-hydrogen) atoms. The maximum atomic E-state index is 12.6. The Morgan fingerprint density at radius 3 is 2.43 bits per heavy atom. The van der Waals surface area contributed by atoms with E-state index in [4.69, 9.17) is 0 Å². The van der Waals surface area contributed by atoms with E-state index in [0.717, 1.165) is 15.2 Å². The van der Waals surface area contributed by atoms with Crippen molar-refractivity contribution in [2.24, 2.45) is 0 Å². The molecule has 0 N–H and O–H groups in total. The summed E-state index contributed by atoms with van der Waals surface area (Å²) in [5, 5.41) is 4.05. The summed E-state index contributed by atoms with van der Waals surface area (Å²) in [5.74, 6) is 0.568. The highest BCUT2D eigenvalue weighted by Gasteiger charge is 2.26. The third kappa shape index (κ3) is 4.03. The molecule has 0 bridgehead atoms. The van der Waals surface area contributed by atoms with Gasteiger partial charge in [-0.3, -0.25) is 4.79 Å². The van der Waals surface area contributed by atoms with Crippen molar-refractivity contribution in [3.05, 3.63) is 47.8 Å². The van der Waals surface area contributed by atoms with Gasteiger partial charge in [-0.25, -0.2) is 0 Å². The second kappa shape index (κ2) is 6.49. The summed E-state index contributed by atoms with van der Waals surface area (Å²) < 4.78 is 26.2. The first kappa shape index (κ1) is 17.7. The Hall–Kier alpha value is -1.60. The molecular formula is C16H20N2O3S2. The molecule has 2 rings (SSSR count). The summed E-state index contributed by atoms with van der Waals surface area (Å²) in [6.45, 7) is 7.34. The Morgan fingerprint density at radius 2 is 1.87 bits per heavy atom. The zero-order valence-electron chi connectivity index (χ0n) is 13.6. The van der Waals surface area contributed by atoms with Crippen LogP contribution in [0.1, 0.15) is 31.9 Å². The number of aromatic nitrogens is 2. The predicted molar refractivity (Wildman–Crippen MR) is 92.2 cm³/mol. The number of thioether (sulfide) groups is 1. The Kier molecular flexibility index (Phi) is 5.01. The zero-order chi connectivity index (χ0) is 17.3. The van der Waals surface area contributed by atoms with Crippen LogP contribution >= 0.6 is 11.8 Å². The summed E-state index contributed by atoms with van der Waals surface area (Å²) in [7, 11) is -3.69. The Balaban J connectivity index is 2.31. The molecule has 0 spiro atoms. The molecule has 7 heteroatoms. The van der Waals surface area contributed by atoms with E-state index in [9.17, 15) is 13.2 Å². The van der Waals surface area contributed by atoms with Crippen LogP contribution in [0.3, 0.4) is 0 Å². The molecule has 1 heterocycles. The highest BCUT2D eigenvalue weighted by molar-refractivity contribution is 8.13. The number of benzene rings is 1. The van der Waals surface area contributed by atoms with Gasteiger partial charge in [0, 0.05) is 24.3 Å².